The summed E-state index contributed by atoms with van der Waals surface area (Å²) >= 11 is -0.180. The van der Waals surface area contributed by atoms with Gasteiger partial charge in [-0.2, -0.15) is 13.2 Å². The highest BCUT2D eigenvalue weighted by molar-refractivity contribution is 8.00. The number of rotatable bonds is 5. The van der Waals surface area contributed by atoms with Gasteiger partial charge in [0.25, 0.3) is 0 Å². The Balaban J connectivity index is 2.18. The maximum absolute atomic E-state index is 12.5. The average molecular weight is 324 g/mol. The molecule has 22 heavy (non-hydrogen) atoms. The molecule has 116 valence electrons. The second kappa shape index (κ2) is 7.01. The van der Waals surface area contributed by atoms with E-state index in [4.69, 9.17) is 0 Å². The first-order chi connectivity index (χ1) is 10.4. The van der Waals surface area contributed by atoms with Crippen molar-refractivity contribution < 1.29 is 18.0 Å². The van der Waals surface area contributed by atoms with Crippen molar-refractivity contribution in [3.05, 3.63) is 65.7 Å². The molecular weight excluding hydrogens is 309 g/mol. The van der Waals surface area contributed by atoms with Crippen molar-refractivity contribution in [2.45, 2.75) is 29.7 Å². The molecule has 0 fully saturated rings. The summed E-state index contributed by atoms with van der Waals surface area (Å²) in [7, 11) is 0. The Morgan fingerprint density at radius 2 is 1.64 bits per heavy atom. The Morgan fingerprint density at radius 3 is 2.14 bits per heavy atom. The number of alkyl halides is 3. The third-order valence-electron chi connectivity index (χ3n) is 3.30. The monoisotopic (exact) mass is 324 g/mol. The first kappa shape index (κ1) is 16.6. The van der Waals surface area contributed by atoms with Gasteiger partial charge in [0.2, 0.25) is 0 Å². The fourth-order valence-corrected chi connectivity index (χ4v) is 2.82. The van der Waals surface area contributed by atoms with E-state index in [1.165, 1.54) is 24.3 Å². The maximum Gasteiger partial charge on any atom is 0.446 e. The number of hydrogen-bond donors (Lipinski definition) is 0. The zero-order valence-corrected chi connectivity index (χ0v) is 12.7. The van der Waals surface area contributed by atoms with Crippen LogP contribution in [0.25, 0.3) is 0 Å². The number of carbonyl (C=O) groups excluding carboxylic acids is 1. The number of hydrogen-bond acceptors (Lipinski definition) is 2. The molecule has 0 amide bonds. The van der Waals surface area contributed by atoms with E-state index in [0.29, 0.717) is 12.0 Å². The quantitative estimate of drug-likeness (QED) is 0.520. The minimum Gasteiger partial charge on any atom is -0.293 e. The Labute approximate surface area is 131 Å². The lowest BCUT2D eigenvalue weighted by Gasteiger charge is -2.14. The van der Waals surface area contributed by atoms with Gasteiger partial charge >= 0.3 is 5.51 Å². The van der Waals surface area contributed by atoms with Crippen LogP contribution in [0, 0.1) is 0 Å². The van der Waals surface area contributed by atoms with Gasteiger partial charge < -0.3 is 0 Å². The normalized spacial score (nSPS) is 12.9. The van der Waals surface area contributed by atoms with Crippen LogP contribution in [0.3, 0.4) is 0 Å². The van der Waals surface area contributed by atoms with E-state index < -0.39 is 5.51 Å². The molecule has 0 aliphatic rings. The summed E-state index contributed by atoms with van der Waals surface area (Å²) in [6.45, 7) is 1.92. The topological polar surface area (TPSA) is 17.1 Å². The molecule has 0 saturated heterocycles. The van der Waals surface area contributed by atoms with Crippen molar-refractivity contribution in [1.29, 1.82) is 0 Å². The fourth-order valence-electron chi connectivity index (χ4n) is 2.28. The third kappa shape index (κ3) is 4.37. The fraction of sp³-hybridized carbons (Fsp3) is 0.235. The van der Waals surface area contributed by atoms with E-state index in [0.717, 1.165) is 5.56 Å². The Bertz CT molecular complexity index is 621. The van der Waals surface area contributed by atoms with Gasteiger partial charge in [-0.15, -0.1) is 0 Å². The van der Waals surface area contributed by atoms with Gasteiger partial charge in [0.1, 0.15) is 0 Å². The molecule has 0 radical (unpaired) electrons. The summed E-state index contributed by atoms with van der Waals surface area (Å²) in [5, 5.41) is 0. The van der Waals surface area contributed by atoms with Crippen molar-refractivity contribution in [1.82, 2.24) is 0 Å². The molecule has 0 saturated carbocycles. The summed E-state index contributed by atoms with van der Waals surface area (Å²) < 4.78 is 36.9. The van der Waals surface area contributed by atoms with Gasteiger partial charge in [-0.1, -0.05) is 49.4 Å². The lowest BCUT2D eigenvalue weighted by molar-refractivity contribution is -0.0328. The third-order valence-corrected chi connectivity index (χ3v) is 4.04. The highest BCUT2D eigenvalue weighted by atomic mass is 32.2. The second-order valence-electron chi connectivity index (χ2n) is 4.81. The zero-order valence-electron chi connectivity index (χ0n) is 11.9. The molecule has 5 heteroatoms. The van der Waals surface area contributed by atoms with Crippen LogP contribution in [0.1, 0.15) is 35.2 Å². The molecule has 2 aromatic carbocycles. The molecule has 1 unspecified atom stereocenters. The minimum absolute atomic E-state index is 0.0720. The molecule has 1 nitrogen and oxygen atoms in total. The van der Waals surface area contributed by atoms with Gasteiger partial charge in [0, 0.05) is 16.4 Å². The molecular formula is C17H15F3OS. The van der Waals surface area contributed by atoms with Crippen molar-refractivity contribution in [2.75, 3.05) is 0 Å². The molecule has 0 bridgehead atoms. The predicted molar refractivity (Wildman–Crippen MR) is 82.2 cm³/mol. The van der Waals surface area contributed by atoms with Crippen LogP contribution in [0.15, 0.2) is 59.5 Å². The summed E-state index contributed by atoms with van der Waals surface area (Å²) in [5.41, 5.74) is -2.97. The summed E-state index contributed by atoms with van der Waals surface area (Å²) in [6.07, 6.45) is 0.641. The van der Waals surface area contributed by atoms with Crippen molar-refractivity contribution in [3.8, 4) is 0 Å². The first-order valence-corrected chi connectivity index (χ1v) is 7.67. The number of ketones is 1. The molecule has 0 spiro atoms. The van der Waals surface area contributed by atoms with E-state index in [2.05, 4.69) is 0 Å². The highest BCUT2D eigenvalue weighted by Crippen LogP contribution is 2.37. The number of carbonyl (C=O) groups is 1. The van der Waals surface area contributed by atoms with Gasteiger partial charge in [0.15, 0.2) is 5.78 Å². The number of halogens is 3. The molecule has 2 aromatic rings. The Hall–Kier alpha value is -1.75. The van der Waals surface area contributed by atoms with Crippen LogP contribution in [-0.4, -0.2) is 11.3 Å². The maximum atomic E-state index is 12.5. The van der Waals surface area contributed by atoms with Crippen LogP contribution in [0.4, 0.5) is 13.2 Å². The molecule has 0 N–H and O–H groups in total. The van der Waals surface area contributed by atoms with Crippen LogP contribution in [0.5, 0.6) is 0 Å². The summed E-state index contributed by atoms with van der Waals surface area (Å²) in [5.74, 6) is -0.348. The number of benzene rings is 2. The second-order valence-corrected chi connectivity index (χ2v) is 5.95. The Morgan fingerprint density at radius 1 is 1.05 bits per heavy atom. The predicted octanol–water partition coefficient (Wildman–Crippen LogP) is 5.68. The average Bonchev–Trinajstić information content (AvgIpc) is 2.48. The van der Waals surface area contributed by atoms with Crippen LogP contribution in [0.2, 0.25) is 0 Å². The van der Waals surface area contributed by atoms with Crippen LogP contribution < -0.4 is 0 Å². The molecule has 2 rings (SSSR count). The van der Waals surface area contributed by atoms with Crippen molar-refractivity contribution >= 4 is 17.5 Å². The molecule has 0 heterocycles. The van der Waals surface area contributed by atoms with E-state index in [1.54, 1.807) is 0 Å². The van der Waals surface area contributed by atoms with Crippen LogP contribution in [-0.2, 0) is 0 Å². The van der Waals surface area contributed by atoms with Crippen molar-refractivity contribution in [2.24, 2.45) is 0 Å². The van der Waals surface area contributed by atoms with Gasteiger partial charge in [-0.3, -0.25) is 4.79 Å². The van der Waals surface area contributed by atoms with E-state index in [9.17, 15) is 18.0 Å². The van der Waals surface area contributed by atoms with E-state index in [-0.39, 0.29) is 28.4 Å². The lowest BCUT2D eigenvalue weighted by Crippen LogP contribution is -2.12. The first-order valence-electron chi connectivity index (χ1n) is 6.85. The number of Topliss-reactive ketones (excluding diaryl/α,β-unsaturated/α-hetero) is 1. The van der Waals surface area contributed by atoms with Gasteiger partial charge in [0.05, 0.1) is 0 Å². The molecule has 1 atom stereocenters. The SMILES string of the molecule is CCC(C(=O)c1ccc(SC(F)(F)F)cc1)c1ccccc1. The smallest absolute Gasteiger partial charge is 0.293 e. The highest BCUT2D eigenvalue weighted by Gasteiger charge is 2.29. The number of thioether (sulfide) groups is 1. The van der Waals surface area contributed by atoms with Crippen molar-refractivity contribution in [3.63, 3.8) is 0 Å². The van der Waals surface area contributed by atoms with Crippen LogP contribution >= 0.6 is 11.8 Å². The van der Waals surface area contributed by atoms with Gasteiger partial charge in [-0.25, -0.2) is 0 Å². The largest absolute Gasteiger partial charge is 0.446 e. The Kier molecular flexibility index (Phi) is 5.29. The summed E-state index contributed by atoms with van der Waals surface area (Å²) in [6, 6.07) is 15.0. The standard InChI is InChI=1S/C17H15F3OS/c1-2-15(12-6-4-3-5-7-12)16(21)13-8-10-14(11-9-13)22-17(18,19)20/h3-11,15H,2H2,1H3. The molecule has 0 aromatic heterocycles. The van der Waals surface area contributed by atoms with E-state index in [1.807, 2.05) is 37.3 Å². The van der Waals surface area contributed by atoms with Gasteiger partial charge in [-0.05, 0) is 35.9 Å². The van der Waals surface area contributed by atoms with E-state index >= 15 is 0 Å². The zero-order chi connectivity index (χ0) is 16.2. The lowest BCUT2D eigenvalue weighted by atomic mass is 9.89. The molecule has 0 aliphatic heterocycles. The minimum atomic E-state index is -4.32. The summed E-state index contributed by atoms with van der Waals surface area (Å²) in [4.78, 5) is 12.6. The molecule has 0 aliphatic carbocycles.